The van der Waals surface area contributed by atoms with Gasteiger partial charge < -0.3 is 10.2 Å². The average Bonchev–Trinajstić information content (AvgIpc) is 2.46. The van der Waals surface area contributed by atoms with Gasteiger partial charge in [0.25, 0.3) is 5.91 Å². The van der Waals surface area contributed by atoms with Crippen molar-refractivity contribution >= 4 is 23.3 Å². The molecule has 110 valence electrons. The molecule has 1 fully saturated rings. The second kappa shape index (κ2) is 6.93. The van der Waals surface area contributed by atoms with Gasteiger partial charge in [-0.15, -0.1) is 0 Å². The summed E-state index contributed by atoms with van der Waals surface area (Å²) in [6.45, 7) is 2.73. The van der Waals surface area contributed by atoms with Crippen molar-refractivity contribution in [3.63, 3.8) is 0 Å². The number of aromatic nitrogens is 1. The molecule has 0 aliphatic heterocycles. The molecule has 0 saturated heterocycles. The lowest BCUT2D eigenvalue weighted by Gasteiger charge is -2.31. The summed E-state index contributed by atoms with van der Waals surface area (Å²) in [5.74, 6) is 0.681. The Balaban J connectivity index is 2.14. The summed E-state index contributed by atoms with van der Waals surface area (Å²) in [5, 5.41) is 3.45. The van der Waals surface area contributed by atoms with Gasteiger partial charge >= 0.3 is 0 Å². The first-order chi connectivity index (χ1) is 9.61. The molecule has 0 atom stereocenters. The molecule has 0 unspecified atom stereocenters. The lowest BCUT2D eigenvalue weighted by atomic mass is 9.94. The molecule has 1 aliphatic rings. The third kappa shape index (κ3) is 3.63. The number of nitrogens with zero attached hydrogens (tertiary/aromatic N) is 2. The molecule has 1 heterocycles. The van der Waals surface area contributed by atoms with E-state index in [9.17, 15) is 4.79 Å². The Morgan fingerprint density at radius 3 is 2.75 bits per heavy atom. The normalized spacial score (nSPS) is 15.9. The molecule has 4 nitrogen and oxygen atoms in total. The lowest BCUT2D eigenvalue weighted by molar-refractivity contribution is 0.0696. The van der Waals surface area contributed by atoms with Crippen molar-refractivity contribution in [2.45, 2.75) is 45.1 Å². The molecule has 1 aromatic rings. The van der Waals surface area contributed by atoms with Crippen LogP contribution in [-0.4, -0.2) is 35.4 Å². The first-order valence-electron chi connectivity index (χ1n) is 7.30. The predicted octanol–water partition coefficient (Wildman–Crippen LogP) is 3.57. The van der Waals surface area contributed by atoms with Gasteiger partial charge in [0.15, 0.2) is 0 Å². The average molecular weight is 296 g/mol. The molecule has 1 saturated carbocycles. The van der Waals surface area contributed by atoms with E-state index < -0.39 is 0 Å². The number of hydrogen-bond acceptors (Lipinski definition) is 3. The Morgan fingerprint density at radius 1 is 1.40 bits per heavy atom. The molecular formula is C15H22ClN3O. The van der Waals surface area contributed by atoms with Gasteiger partial charge in [0.1, 0.15) is 11.0 Å². The molecule has 2 rings (SSSR count). The predicted molar refractivity (Wildman–Crippen MR) is 82.4 cm³/mol. The Hall–Kier alpha value is -1.29. The Bertz CT molecular complexity index is 472. The van der Waals surface area contributed by atoms with Crippen LogP contribution in [0.25, 0.3) is 0 Å². The number of carbonyl (C=O) groups excluding carboxylic acids is 1. The smallest absolute Gasteiger partial charge is 0.254 e. The van der Waals surface area contributed by atoms with Crippen molar-refractivity contribution < 1.29 is 4.79 Å². The third-order valence-corrected chi connectivity index (χ3v) is 4.04. The van der Waals surface area contributed by atoms with Gasteiger partial charge in [-0.25, -0.2) is 4.98 Å². The van der Waals surface area contributed by atoms with E-state index in [0.717, 1.165) is 19.4 Å². The summed E-state index contributed by atoms with van der Waals surface area (Å²) in [6, 6.07) is 3.77. The molecule has 20 heavy (non-hydrogen) atoms. The first-order valence-corrected chi connectivity index (χ1v) is 7.68. The highest BCUT2D eigenvalue weighted by atomic mass is 35.5. The van der Waals surface area contributed by atoms with E-state index in [1.54, 1.807) is 12.1 Å². The summed E-state index contributed by atoms with van der Waals surface area (Å²) >= 11 is 6.00. The Kier molecular flexibility index (Phi) is 5.24. The molecule has 0 spiro atoms. The number of halogens is 1. The van der Waals surface area contributed by atoms with E-state index in [4.69, 9.17) is 11.6 Å². The van der Waals surface area contributed by atoms with E-state index in [1.165, 1.54) is 19.3 Å². The van der Waals surface area contributed by atoms with Gasteiger partial charge in [-0.1, -0.05) is 30.9 Å². The van der Waals surface area contributed by atoms with E-state index in [1.807, 2.05) is 18.9 Å². The molecule has 0 bridgehead atoms. The van der Waals surface area contributed by atoms with Crippen LogP contribution in [-0.2, 0) is 0 Å². The lowest BCUT2D eigenvalue weighted by Crippen LogP contribution is -2.38. The van der Waals surface area contributed by atoms with Crippen LogP contribution in [0.5, 0.6) is 0 Å². The molecule has 1 N–H and O–H groups in total. The SMILES string of the molecule is CCNc1cc(C(=O)N(C)C2CCCCC2)cc(Cl)n1. The Labute approximate surface area is 125 Å². The highest BCUT2D eigenvalue weighted by Crippen LogP contribution is 2.24. The maximum Gasteiger partial charge on any atom is 0.254 e. The summed E-state index contributed by atoms with van der Waals surface area (Å²) < 4.78 is 0. The first kappa shape index (κ1) is 15.1. The molecule has 1 aromatic heterocycles. The van der Waals surface area contributed by atoms with Crippen LogP contribution in [0.15, 0.2) is 12.1 Å². The second-order valence-electron chi connectivity index (χ2n) is 5.30. The van der Waals surface area contributed by atoms with Crippen molar-refractivity contribution in [1.82, 2.24) is 9.88 Å². The van der Waals surface area contributed by atoms with Crippen LogP contribution in [0, 0.1) is 0 Å². The van der Waals surface area contributed by atoms with Crippen molar-refractivity contribution in [3.8, 4) is 0 Å². The van der Waals surface area contributed by atoms with Gasteiger partial charge in [0.05, 0.1) is 0 Å². The van der Waals surface area contributed by atoms with Crippen LogP contribution in [0.3, 0.4) is 0 Å². The van der Waals surface area contributed by atoms with Crippen molar-refractivity contribution in [2.24, 2.45) is 0 Å². The minimum Gasteiger partial charge on any atom is -0.370 e. The van der Waals surface area contributed by atoms with Gasteiger partial charge in [0.2, 0.25) is 0 Å². The fraction of sp³-hybridized carbons (Fsp3) is 0.600. The fourth-order valence-corrected chi connectivity index (χ4v) is 2.94. The van der Waals surface area contributed by atoms with E-state index >= 15 is 0 Å². The van der Waals surface area contributed by atoms with Crippen LogP contribution in [0.1, 0.15) is 49.4 Å². The maximum atomic E-state index is 12.6. The molecule has 0 aromatic carbocycles. The van der Waals surface area contributed by atoms with Crippen LogP contribution < -0.4 is 5.32 Å². The van der Waals surface area contributed by atoms with E-state index in [-0.39, 0.29) is 5.91 Å². The number of carbonyl (C=O) groups is 1. The summed E-state index contributed by atoms with van der Waals surface area (Å²) in [7, 11) is 1.89. The van der Waals surface area contributed by atoms with Gasteiger partial charge in [-0.2, -0.15) is 0 Å². The molecular weight excluding hydrogens is 274 g/mol. The zero-order valence-corrected chi connectivity index (χ0v) is 12.9. The van der Waals surface area contributed by atoms with Crippen molar-refractivity contribution in [1.29, 1.82) is 0 Å². The maximum absolute atomic E-state index is 12.6. The van der Waals surface area contributed by atoms with Gasteiger partial charge in [0, 0.05) is 25.2 Å². The standard InChI is InChI=1S/C15H22ClN3O/c1-3-17-14-10-11(9-13(16)18-14)15(20)19(2)12-7-5-4-6-8-12/h9-10,12H,3-8H2,1-2H3,(H,17,18). The van der Waals surface area contributed by atoms with Gasteiger partial charge in [-0.3, -0.25) is 4.79 Å². The number of anilines is 1. The summed E-state index contributed by atoms with van der Waals surface area (Å²) in [6.07, 6.45) is 5.90. The van der Waals surface area contributed by atoms with Crippen molar-refractivity contribution in [2.75, 3.05) is 18.9 Å². The largest absolute Gasteiger partial charge is 0.370 e. The number of pyridine rings is 1. The highest BCUT2D eigenvalue weighted by Gasteiger charge is 2.23. The van der Waals surface area contributed by atoms with Crippen LogP contribution in [0.2, 0.25) is 5.15 Å². The Morgan fingerprint density at radius 2 is 2.10 bits per heavy atom. The zero-order chi connectivity index (χ0) is 14.5. The van der Waals surface area contributed by atoms with E-state index in [2.05, 4.69) is 10.3 Å². The minimum absolute atomic E-state index is 0.0281. The van der Waals surface area contributed by atoms with Crippen molar-refractivity contribution in [3.05, 3.63) is 22.8 Å². The summed E-state index contributed by atoms with van der Waals surface area (Å²) in [4.78, 5) is 18.6. The van der Waals surface area contributed by atoms with Crippen LogP contribution >= 0.6 is 11.6 Å². The number of hydrogen-bond donors (Lipinski definition) is 1. The zero-order valence-electron chi connectivity index (χ0n) is 12.2. The topological polar surface area (TPSA) is 45.2 Å². The number of rotatable bonds is 4. The quantitative estimate of drug-likeness (QED) is 0.864. The van der Waals surface area contributed by atoms with Gasteiger partial charge in [-0.05, 0) is 31.9 Å². The number of nitrogens with one attached hydrogen (secondary N) is 1. The summed E-state index contributed by atoms with van der Waals surface area (Å²) in [5.41, 5.74) is 0.606. The fourth-order valence-electron chi connectivity index (χ4n) is 2.73. The van der Waals surface area contributed by atoms with Crippen LogP contribution in [0.4, 0.5) is 5.82 Å². The second-order valence-corrected chi connectivity index (χ2v) is 5.69. The molecule has 5 heteroatoms. The molecule has 1 amide bonds. The minimum atomic E-state index is 0.0281. The molecule has 0 radical (unpaired) electrons. The highest BCUT2D eigenvalue weighted by molar-refractivity contribution is 6.29. The third-order valence-electron chi connectivity index (χ3n) is 3.84. The monoisotopic (exact) mass is 295 g/mol. The molecule has 1 aliphatic carbocycles. The van der Waals surface area contributed by atoms with E-state index in [0.29, 0.717) is 22.6 Å². The number of amides is 1.